The molecule has 26 heavy (non-hydrogen) atoms. The first-order chi connectivity index (χ1) is 12.5. The summed E-state index contributed by atoms with van der Waals surface area (Å²) >= 11 is 0. The molecule has 0 aliphatic heterocycles. The topological polar surface area (TPSA) is 87.5 Å². The molecule has 3 rings (SSSR count). The molecule has 2 N–H and O–H groups in total. The Bertz CT molecular complexity index is 902. The van der Waals surface area contributed by atoms with Crippen LogP contribution < -0.4 is 15.5 Å². The molecule has 0 aliphatic rings. The zero-order valence-electron chi connectivity index (χ0n) is 14.4. The lowest BCUT2D eigenvalue weighted by Crippen LogP contribution is -2.14. The number of carbonyl (C=O) groups is 2. The molecular weight excluding hydrogens is 332 g/mol. The van der Waals surface area contributed by atoms with Crippen LogP contribution in [0.25, 0.3) is 0 Å². The zero-order valence-corrected chi connectivity index (χ0v) is 14.4. The van der Waals surface area contributed by atoms with E-state index in [-0.39, 0.29) is 17.6 Å². The van der Waals surface area contributed by atoms with Crippen LogP contribution in [0.1, 0.15) is 20.8 Å². The summed E-state index contributed by atoms with van der Waals surface area (Å²) in [4.78, 5) is 30.3. The molecule has 2 aromatic carbocycles. The maximum absolute atomic E-state index is 12.2. The lowest BCUT2D eigenvalue weighted by atomic mass is 10.2. The average molecular weight is 350 g/mol. The summed E-state index contributed by atoms with van der Waals surface area (Å²) in [6.07, 6.45) is 1.20. The van der Waals surface area contributed by atoms with Gasteiger partial charge in [-0.3, -0.25) is 14.9 Å². The summed E-state index contributed by atoms with van der Waals surface area (Å²) < 4.78 is 5.16. The van der Waals surface area contributed by atoms with E-state index < -0.39 is 5.91 Å². The largest absolute Gasteiger partial charge is 0.431 e. The van der Waals surface area contributed by atoms with Crippen molar-refractivity contribution in [2.75, 3.05) is 29.6 Å². The van der Waals surface area contributed by atoms with E-state index in [1.807, 2.05) is 37.2 Å². The summed E-state index contributed by atoms with van der Waals surface area (Å²) in [5, 5.41) is 5.25. The van der Waals surface area contributed by atoms with Crippen molar-refractivity contribution in [3.8, 4) is 0 Å². The number of carbonyl (C=O) groups excluding carboxylic acids is 2. The third kappa shape index (κ3) is 4.07. The van der Waals surface area contributed by atoms with Crippen molar-refractivity contribution in [2.24, 2.45) is 0 Å². The van der Waals surface area contributed by atoms with Crippen LogP contribution in [0.4, 0.5) is 17.4 Å². The minimum atomic E-state index is -0.424. The number of rotatable bonds is 5. The molecule has 0 fully saturated rings. The van der Waals surface area contributed by atoms with Gasteiger partial charge in [0, 0.05) is 31.0 Å². The van der Waals surface area contributed by atoms with E-state index in [0.29, 0.717) is 11.3 Å². The van der Waals surface area contributed by atoms with Gasteiger partial charge in [-0.05, 0) is 36.4 Å². The molecule has 0 radical (unpaired) electrons. The van der Waals surface area contributed by atoms with Gasteiger partial charge in [-0.1, -0.05) is 18.2 Å². The zero-order chi connectivity index (χ0) is 18.5. The Morgan fingerprint density at radius 3 is 2.27 bits per heavy atom. The number of oxazole rings is 1. The maximum Gasteiger partial charge on any atom is 0.302 e. The molecule has 132 valence electrons. The second kappa shape index (κ2) is 7.52. The fourth-order valence-corrected chi connectivity index (χ4v) is 2.23. The third-order valence-electron chi connectivity index (χ3n) is 3.63. The minimum absolute atomic E-state index is 0.0352. The van der Waals surface area contributed by atoms with E-state index >= 15 is 0 Å². The van der Waals surface area contributed by atoms with Gasteiger partial charge in [0.2, 0.25) is 0 Å². The number of nitrogens with one attached hydrogen (secondary N) is 2. The Kier molecular flexibility index (Phi) is 4.98. The molecule has 2 amide bonds. The minimum Gasteiger partial charge on any atom is -0.431 e. The standard InChI is InChI=1S/C19H18N4O3/c1-23(2)15-10-8-14(9-11-15)20-18(25)16-12-26-19(21-16)22-17(24)13-6-4-3-5-7-13/h3-12H,1-2H3,(H,20,25)(H,21,22,24). The monoisotopic (exact) mass is 350 g/mol. The second-order valence-corrected chi connectivity index (χ2v) is 5.75. The fourth-order valence-electron chi connectivity index (χ4n) is 2.23. The Labute approximate surface area is 150 Å². The van der Waals surface area contributed by atoms with Crippen molar-refractivity contribution in [1.29, 1.82) is 0 Å². The van der Waals surface area contributed by atoms with E-state index in [1.54, 1.807) is 36.4 Å². The van der Waals surface area contributed by atoms with E-state index in [2.05, 4.69) is 15.6 Å². The SMILES string of the molecule is CN(C)c1ccc(NC(=O)c2coc(NC(=O)c3ccccc3)n2)cc1. The first-order valence-corrected chi connectivity index (χ1v) is 7.93. The lowest BCUT2D eigenvalue weighted by Gasteiger charge is -2.12. The number of hydrogen-bond donors (Lipinski definition) is 2. The maximum atomic E-state index is 12.2. The van der Waals surface area contributed by atoms with Crippen LogP contribution in [0.15, 0.2) is 65.3 Å². The van der Waals surface area contributed by atoms with Crippen LogP contribution in [0.2, 0.25) is 0 Å². The number of anilines is 3. The Morgan fingerprint density at radius 2 is 1.62 bits per heavy atom. The quantitative estimate of drug-likeness (QED) is 0.737. The van der Waals surface area contributed by atoms with Crippen molar-refractivity contribution in [1.82, 2.24) is 4.98 Å². The van der Waals surface area contributed by atoms with Gasteiger partial charge in [-0.15, -0.1) is 0 Å². The summed E-state index contributed by atoms with van der Waals surface area (Å²) in [5.74, 6) is -0.787. The van der Waals surface area contributed by atoms with E-state index in [4.69, 9.17) is 4.42 Å². The number of benzene rings is 2. The van der Waals surface area contributed by atoms with E-state index in [1.165, 1.54) is 6.26 Å². The number of hydrogen-bond acceptors (Lipinski definition) is 5. The molecule has 0 saturated carbocycles. The van der Waals surface area contributed by atoms with Gasteiger partial charge in [0.05, 0.1) is 0 Å². The van der Waals surface area contributed by atoms with Crippen LogP contribution in [0, 0.1) is 0 Å². The Morgan fingerprint density at radius 1 is 0.923 bits per heavy atom. The number of aromatic nitrogens is 1. The predicted octanol–water partition coefficient (Wildman–Crippen LogP) is 3.25. The normalized spacial score (nSPS) is 10.2. The van der Waals surface area contributed by atoms with Crippen molar-refractivity contribution in [2.45, 2.75) is 0 Å². The Hall–Kier alpha value is -3.61. The highest BCUT2D eigenvalue weighted by atomic mass is 16.4. The third-order valence-corrected chi connectivity index (χ3v) is 3.63. The average Bonchev–Trinajstić information content (AvgIpc) is 3.11. The number of nitrogens with zero attached hydrogens (tertiary/aromatic N) is 2. The lowest BCUT2D eigenvalue weighted by molar-refractivity contribution is 0.101. The Balaban J connectivity index is 1.63. The van der Waals surface area contributed by atoms with Crippen LogP contribution in [0.5, 0.6) is 0 Å². The van der Waals surface area contributed by atoms with Crippen LogP contribution in [-0.4, -0.2) is 30.9 Å². The summed E-state index contributed by atoms with van der Waals surface area (Å²) in [6, 6.07) is 16.0. The van der Waals surface area contributed by atoms with E-state index in [0.717, 1.165) is 5.69 Å². The van der Waals surface area contributed by atoms with Crippen LogP contribution in [0.3, 0.4) is 0 Å². The highest BCUT2D eigenvalue weighted by molar-refractivity contribution is 6.05. The molecule has 0 atom stereocenters. The summed E-state index contributed by atoms with van der Waals surface area (Å²) in [7, 11) is 3.88. The van der Waals surface area contributed by atoms with Gasteiger partial charge in [-0.2, -0.15) is 4.98 Å². The first-order valence-electron chi connectivity index (χ1n) is 7.93. The molecule has 0 bridgehead atoms. The molecule has 1 aromatic heterocycles. The van der Waals surface area contributed by atoms with Crippen LogP contribution in [-0.2, 0) is 0 Å². The molecular formula is C19H18N4O3. The molecule has 0 saturated heterocycles. The molecule has 7 nitrogen and oxygen atoms in total. The molecule has 7 heteroatoms. The van der Waals surface area contributed by atoms with Gasteiger partial charge in [0.25, 0.3) is 11.8 Å². The van der Waals surface area contributed by atoms with Gasteiger partial charge in [0.15, 0.2) is 5.69 Å². The molecule has 0 spiro atoms. The molecule has 1 heterocycles. The molecule has 3 aromatic rings. The molecule has 0 aliphatic carbocycles. The van der Waals surface area contributed by atoms with Crippen molar-refractivity contribution >= 4 is 29.2 Å². The first kappa shape index (κ1) is 17.2. The second-order valence-electron chi connectivity index (χ2n) is 5.75. The summed E-state index contributed by atoms with van der Waals surface area (Å²) in [5.41, 5.74) is 2.21. The highest BCUT2D eigenvalue weighted by Crippen LogP contribution is 2.17. The number of amides is 2. The fraction of sp³-hybridized carbons (Fsp3) is 0.105. The van der Waals surface area contributed by atoms with Crippen molar-refractivity contribution in [3.63, 3.8) is 0 Å². The van der Waals surface area contributed by atoms with E-state index in [9.17, 15) is 9.59 Å². The summed E-state index contributed by atoms with van der Waals surface area (Å²) in [6.45, 7) is 0. The van der Waals surface area contributed by atoms with Crippen molar-refractivity contribution < 1.29 is 14.0 Å². The van der Waals surface area contributed by atoms with Crippen molar-refractivity contribution in [3.05, 3.63) is 72.1 Å². The van der Waals surface area contributed by atoms with Gasteiger partial charge in [0.1, 0.15) is 6.26 Å². The predicted molar refractivity (Wildman–Crippen MR) is 99.6 cm³/mol. The molecule has 0 unspecified atom stereocenters. The highest BCUT2D eigenvalue weighted by Gasteiger charge is 2.15. The van der Waals surface area contributed by atoms with Gasteiger partial charge in [-0.25, -0.2) is 0 Å². The van der Waals surface area contributed by atoms with Crippen LogP contribution >= 0.6 is 0 Å². The van der Waals surface area contributed by atoms with Gasteiger partial charge >= 0.3 is 6.01 Å². The van der Waals surface area contributed by atoms with Gasteiger partial charge < -0.3 is 14.6 Å². The smallest absolute Gasteiger partial charge is 0.302 e.